The molecule has 1 N–H and O–H groups in total. The van der Waals surface area contributed by atoms with Crippen LogP contribution >= 0.6 is 0 Å². The summed E-state index contributed by atoms with van der Waals surface area (Å²) in [6.45, 7) is 3.07. The van der Waals surface area contributed by atoms with Crippen LogP contribution in [0.4, 0.5) is 4.79 Å². The number of carbonyl (C=O) groups excluding carboxylic acids is 3. The fraction of sp³-hybridized carbons (Fsp3) is 0.323. The second kappa shape index (κ2) is 11.8. The van der Waals surface area contributed by atoms with Gasteiger partial charge in [0.15, 0.2) is 0 Å². The van der Waals surface area contributed by atoms with Crippen molar-refractivity contribution in [1.82, 2.24) is 25.1 Å². The summed E-state index contributed by atoms with van der Waals surface area (Å²) < 4.78 is 5.22. The molecule has 1 unspecified atom stereocenters. The molecule has 4 amide bonds. The second-order valence-corrected chi connectivity index (χ2v) is 10.3. The van der Waals surface area contributed by atoms with Gasteiger partial charge in [0.2, 0.25) is 11.8 Å². The van der Waals surface area contributed by atoms with Crippen LogP contribution in [0.1, 0.15) is 35.6 Å². The Labute approximate surface area is 234 Å². The number of nitrogens with one attached hydrogen (secondary N) is 1. The normalized spacial score (nSPS) is 20.2. The van der Waals surface area contributed by atoms with Crippen molar-refractivity contribution in [2.24, 2.45) is 0 Å². The van der Waals surface area contributed by atoms with Crippen molar-refractivity contribution in [3.63, 3.8) is 0 Å². The second-order valence-electron chi connectivity index (χ2n) is 10.3. The molecule has 2 saturated heterocycles. The SMILES string of the molecule is COc1ccc(CNC(=O)N2[C@H]3CN(CC(C)c4ccccc4)C(=O)[C@H](c4ccccc4)N3C(=O)CN2C)cc1. The van der Waals surface area contributed by atoms with Gasteiger partial charge in [0, 0.05) is 20.1 Å². The molecule has 5 rings (SSSR count). The third-order valence-electron chi connectivity index (χ3n) is 7.62. The predicted molar refractivity (Wildman–Crippen MR) is 151 cm³/mol. The summed E-state index contributed by atoms with van der Waals surface area (Å²) in [4.78, 5) is 44.5. The number of benzene rings is 3. The summed E-state index contributed by atoms with van der Waals surface area (Å²) in [5.74, 6) is 0.484. The van der Waals surface area contributed by atoms with Gasteiger partial charge >= 0.3 is 6.03 Å². The Morgan fingerprint density at radius 1 is 0.975 bits per heavy atom. The Kier molecular flexibility index (Phi) is 8.02. The Morgan fingerprint density at radius 2 is 1.62 bits per heavy atom. The summed E-state index contributed by atoms with van der Waals surface area (Å²) in [6, 6.07) is 25.7. The van der Waals surface area contributed by atoms with Gasteiger partial charge in [-0.05, 0) is 34.7 Å². The molecule has 0 bridgehead atoms. The van der Waals surface area contributed by atoms with E-state index in [1.807, 2.05) is 72.8 Å². The van der Waals surface area contributed by atoms with Crippen LogP contribution in [0.25, 0.3) is 0 Å². The molecule has 0 radical (unpaired) electrons. The number of hydrogen-bond donors (Lipinski definition) is 1. The van der Waals surface area contributed by atoms with E-state index in [-0.39, 0.29) is 36.9 Å². The number of piperazine rings is 1. The van der Waals surface area contributed by atoms with E-state index in [2.05, 4.69) is 24.4 Å². The highest BCUT2D eigenvalue weighted by Gasteiger charge is 2.51. The van der Waals surface area contributed by atoms with Crippen LogP contribution in [0.2, 0.25) is 0 Å². The van der Waals surface area contributed by atoms with E-state index in [1.165, 1.54) is 0 Å². The number of carbonyl (C=O) groups is 3. The van der Waals surface area contributed by atoms with E-state index < -0.39 is 12.2 Å². The summed E-state index contributed by atoms with van der Waals surface area (Å²) in [5, 5.41) is 6.21. The molecule has 0 aromatic heterocycles. The number of methoxy groups -OCH3 is 1. The van der Waals surface area contributed by atoms with Crippen LogP contribution in [-0.4, -0.2) is 77.6 Å². The number of hydrogen-bond acceptors (Lipinski definition) is 5. The van der Waals surface area contributed by atoms with Crippen molar-refractivity contribution >= 4 is 17.8 Å². The molecular weight excluding hydrogens is 506 g/mol. The monoisotopic (exact) mass is 541 g/mol. The zero-order valence-corrected chi connectivity index (χ0v) is 23.1. The van der Waals surface area contributed by atoms with Crippen LogP contribution in [0.15, 0.2) is 84.9 Å². The first kappa shape index (κ1) is 27.2. The molecule has 3 aromatic rings. The van der Waals surface area contributed by atoms with E-state index in [0.717, 1.165) is 22.4 Å². The lowest BCUT2D eigenvalue weighted by Gasteiger charge is -2.54. The molecule has 3 atom stereocenters. The number of nitrogens with zero attached hydrogens (tertiary/aromatic N) is 4. The third-order valence-corrected chi connectivity index (χ3v) is 7.62. The summed E-state index contributed by atoms with van der Waals surface area (Å²) in [7, 11) is 3.34. The van der Waals surface area contributed by atoms with Crippen LogP contribution in [0, 0.1) is 0 Å². The maximum atomic E-state index is 14.0. The molecule has 40 heavy (non-hydrogen) atoms. The number of hydrazine groups is 1. The Morgan fingerprint density at radius 3 is 2.27 bits per heavy atom. The Balaban J connectivity index is 1.43. The molecule has 0 saturated carbocycles. The number of ether oxygens (including phenoxy) is 1. The quantitative estimate of drug-likeness (QED) is 0.494. The molecule has 0 aliphatic carbocycles. The molecule has 208 valence electrons. The summed E-state index contributed by atoms with van der Waals surface area (Å²) in [6.07, 6.45) is -0.659. The first-order chi connectivity index (χ1) is 19.4. The molecule has 2 fully saturated rings. The fourth-order valence-corrected chi connectivity index (χ4v) is 5.54. The van der Waals surface area contributed by atoms with Crippen molar-refractivity contribution < 1.29 is 19.1 Å². The predicted octanol–water partition coefficient (Wildman–Crippen LogP) is 3.61. The zero-order chi connectivity index (χ0) is 28.2. The third kappa shape index (κ3) is 5.51. The minimum absolute atomic E-state index is 0.0104. The molecule has 2 aliphatic heterocycles. The Hall–Kier alpha value is -4.37. The molecule has 2 aliphatic rings. The number of rotatable bonds is 7. The van der Waals surface area contributed by atoms with Gasteiger partial charge in [-0.3, -0.25) is 9.59 Å². The zero-order valence-electron chi connectivity index (χ0n) is 23.1. The standard InChI is InChI=1S/C31H35N5O4/c1-22(24-10-6-4-7-11-24)19-34-20-27-35(29(30(34)38)25-12-8-5-9-13-25)28(37)21-33(2)36(27)31(39)32-18-23-14-16-26(40-3)17-15-23/h4-17,22,27,29H,18-21H2,1-3H3,(H,32,39)/t22?,27-,29-/m0/s1. The lowest BCUT2D eigenvalue weighted by molar-refractivity contribution is -0.187. The molecule has 3 aromatic carbocycles. The van der Waals surface area contributed by atoms with Gasteiger partial charge in [-0.25, -0.2) is 14.8 Å². The van der Waals surface area contributed by atoms with Crippen molar-refractivity contribution in [1.29, 1.82) is 0 Å². The lowest BCUT2D eigenvalue weighted by atomic mass is 9.96. The van der Waals surface area contributed by atoms with E-state index >= 15 is 0 Å². The highest BCUT2D eigenvalue weighted by Crippen LogP contribution is 2.35. The van der Waals surface area contributed by atoms with Crippen LogP contribution in [0.3, 0.4) is 0 Å². The van der Waals surface area contributed by atoms with E-state index in [1.54, 1.807) is 34.0 Å². The van der Waals surface area contributed by atoms with Gasteiger partial charge in [0.05, 0.1) is 20.2 Å². The first-order valence-corrected chi connectivity index (χ1v) is 13.5. The highest BCUT2D eigenvalue weighted by atomic mass is 16.5. The van der Waals surface area contributed by atoms with Gasteiger partial charge in [-0.15, -0.1) is 0 Å². The highest BCUT2D eigenvalue weighted by molar-refractivity contribution is 5.92. The maximum absolute atomic E-state index is 14.0. The van der Waals surface area contributed by atoms with Crippen LogP contribution in [-0.2, 0) is 16.1 Å². The molecule has 9 heteroatoms. The maximum Gasteiger partial charge on any atom is 0.334 e. The smallest absolute Gasteiger partial charge is 0.334 e. The van der Waals surface area contributed by atoms with Gasteiger partial charge in [0.25, 0.3) is 0 Å². The molecular formula is C31H35N5O4. The van der Waals surface area contributed by atoms with E-state index in [0.29, 0.717) is 13.1 Å². The van der Waals surface area contributed by atoms with Crippen LogP contribution in [0.5, 0.6) is 5.75 Å². The van der Waals surface area contributed by atoms with Crippen molar-refractivity contribution in [3.8, 4) is 5.75 Å². The van der Waals surface area contributed by atoms with Crippen molar-refractivity contribution in [3.05, 3.63) is 102 Å². The average molecular weight is 542 g/mol. The number of likely N-dealkylation sites (N-methyl/N-ethyl adjacent to an activating group) is 1. The van der Waals surface area contributed by atoms with Gasteiger partial charge in [-0.2, -0.15) is 0 Å². The average Bonchev–Trinajstić information content (AvgIpc) is 2.98. The molecule has 0 spiro atoms. The lowest BCUT2D eigenvalue weighted by Crippen LogP contribution is -2.73. The summed E-state index contributed by atoms with van der Waals surface area (Å²) in [5.41, 5.74) is 2.77. The van der Waals surface area contributed by atoms with Gasteiger partial charge < -0.3 is 19.9 Å². The number of fused-ring (bicyclic) bond motifs is 1. The van der Waals surface area contributed by atoms with Crippen molar-refractivity contribution in [2.45, 2.75) is 31.6 Å². The minimum atomic E-state index is -0.819. The first-order valence-electron chi connectivity index (χ1n) is 13.5. The molecule has 9 nitrogen and oxygen atoms in total. The summed E-state index contributed by atoms with van der Waals surface area (Å²) >= 11 is 0. The number of amides is 4. The number of urea groups is 1. The fourth-order valence-electron chi connectivity index (χ4n) is 5.54. The van der Waals surface area contributed by atoms with Crippen LogP contribution < -0.4 is 10.1 Å². The van der Waals surface area contributed by atoms with E-state index in [9.17, 15) is 14.4 Å². The van der Waals surface area contributed by atoms with Gasteiger partial charge in [0.1, 0.15) is 18.0 Å². The minimum Gasteiger partial charge on any atom is -0.497 e. The Bertz CT molecular complexity index is 1330. The van der Waals surface area contributed by atoms with Crippen molar-refractivity contribution in [2.75, 3.05) is 33.8 Å². The molecule has 2 heterocycles. The topological polar surface area (TPSA) is 85.4 Å². The van der Waals surface area contributed by atoms with Gasteiger partial charge in [-0.1, -0.05) is 79.7 Å². The van der Waals surface area contributed by atoms with E-state index in [4.69, 9.17) is 4.74 Å². The largest absolute Gasteiger partial charge is 0.497 e.